The van der Waals surface area contributed by atoms with Gasteiger partial charge in [0.25, 0.3) is 0 Å². The zero-order valence-corrected chi connectivity index (χ0v) is 14.4. The Bertz CT molecular complexity index is 554. The van der Waals surface area contributed by atoms with Crippen LogP contribution in [0.1, 0.15) is 11.1 Å². The van der Waals surface area contributed by atoms with E-state index in [1.165, 1.54) is 0 Å². The first-order valence-electron chi connectivity index (χ1n) is 5.91. The number of rotatable bonds is 3. The zero-order chi connectivity index (χ0) is 15.7. The van der Waals surface area contributed by atoms with Gasteiger partial charge in [0.15, 0.2) is 0 Å². The molecule has 0 radical (unpaired) electrons. The van der Waals surface area contributed by atoms with Gasteiger partial charge in [-0.05, 0) is 47.3 Å². The first-order valence-corrected chi connectivity index (χ1v) is 10.4. The maximum atomic E-state index is 9.13. The third-order valence-corrected chi connectivity index (χ3v) is 3.33. The number of azide groups is 1. The van der Waals surface area contributed by atoms with Crippen molar-refractivity contribution in [2.75, 3.05) is 0 Å². The van der Waals surface area contributed by atoms with Crippen LogP contribution in [0.5, 0.6) is 11.5 Å². The van der Waals surface area contributed by atoms with Crippen molar-refractivity contribution in [2.45, 2.75) is 6.42 Å². The molecule has 0 aromatic heterocycles. The van der Waals surface area contributed by atoms with Crippen LogP contribution in [-0.2, 0) is 6.42 Å². The summed E-state index contributed by atoms with van der Waals surface area (Å²) in [4.78, 5) is 5.84. The van der Waals surface area contributed by atoms with Crippen LogP contribution >= 0.6 is 25.3 Å². The molecule has 0 aliphatic heterocycles. The minimum Gasteiger partial charge on any atom is -0.508 e. The first-order chi connectivity index (χ1) is 10.0. The average molecular weight is 339 g/mol. The Morgan fingerprint density at radius 3 is 1.52 bits per heavy atom. The molecule has 0 bridgehead atoms. The fourth-order valence-corrected chi connectivity index (χ4v) is 1.88. The van der Waals surface area contributed by atoms with Crippen LogP contribution in [0.25, 0.3) is 10.4 Å². The summed E-state index contributed by atoms with van der Waals surface area (Å²) in [6.07, 6.45) is 0.806. The van der Waals surface area contributed by atoms with E-state index in [1.54, 1.807) is 24.3 Å². The van der Waals surface area contributed by atoms with Crippen LogP contribution in [0.15, 0.2) is 53.4 Å². The van der Waals surface area contributed by atoms with Gasteiger partial charge in [-0.2, -0.15) is 0 Å². The zero-order valence-electron chi connectivity index (χ0n) is 11.2. The second kappa shape index (κ2) is 9.55. The molecule has 2 aromatic carbocycles. The summed E-state index contributed by atoms with van der Waals surface area (Å²) in [7, 11) is 4.21. The smallest absolute Gasteiger partial charge is 0.115 e. The predicted molar refractivity (Wildman–Crippen MR) is 94.5 cm³/mol. The Morgan fingerprint density at radius 2 is 1.29 bits per heavy atom. The van der Waals surface area contributed by atoms with Crippen molar-refractivity contribution in [1.82, 2.24) is 0 Å². The maximum Gasteiger partial charge on any atom is 0.115 e. The van der Waals surface area contributed by atoms with E-state index in [0.29, 0.717) is 0 Å². The molecule has 0 saturated heterocycles. The summed E-state index contributed by atoms with van der Waals surface area (Å²) in [6.45, 7) is 0. The van der Waals surface area contributed by atoms with E-state index in [0.717, 1.165) is 17.5 Å². The molecular formula is C13H16N3O2P3. The van der Waals surface area contributed by atoms with Crippen molar-refractivity contribution < 1.29 is 10.2 Å². The molecule has 2 aromatic rings. The number of nitrogens with zero attached hydrogens (tertiary/aromatic N) is 3. The number of phenolic OH excluding ortho intramolecular Hbond substituents is 2. The van der Waals surface area contributed by atoms with E-state index in [2.05, 4.69) is 27.7 Å². The Kier molecular flexibility index (Phi) is 8.05. The molecule has 0 saturated carbocycles. The fourth-order valence-electron chi connectivity index (χ4n) is 1.51. The van der Waals surface area contributed by atoms with E-state index < -0.39 is 7.45 Å². The molecule has 110 valence electrons. The van der Waals surface area contributed by atoms with Crippen molar-refractivity contribution in [3.8, 4) is 11.5 Å². The van der Waals surface area contributed by atoms with Gasteiger partial charge in [0.05, 0.1) is 0 Å². The van der Waals surface area contributed by atoms with E-state index in [9.17, 15) is 0 Å². The highest BCUT2D eigenvalue weighted by atomic mass is 32.4. The van der Waals surface area contributed by atoms with Crippen molar-refractivity contribution in [1.29, 1.82) is 0 Å². The van der Waals surface area contributed by atoms with Crippen LogP contribution in [-0.4, -0.2) is 10.2 Å². The highest BCUT2D eigenvalue weighted by Gasteiger charge is 1.96. The summed E-state index contributed by atoms with van der Waals surface area (Å²) >= 11 is 0. The summed E-state index contributed by atoms with van der Waals surface area (Å²) in [5, 5.41) is 18.3. The fraction of sp³-hybridized carbons (Fsp3) is 0.0769. The third kappa shape index (κ3) is 7.85. The standard InChI is InChI=1S/C13H12O2.H4N3P3/c14-12-5-1-10(2-6-12)9-11-3-7-13(15)8-4-11;1-2-3-6(4)5/h1-8,14-15H,9H2;4-5H2. The van der Waals surface area contributed by atoms with E-state index in [1.807, 2.05) is 24.3 Å². The molecule has 0 heterocycles. The molecule has 0 fully saturated rings. The molecule has 0 amide bonds. The Morgan fingerprint density at radius 1 is 0.905 bits per heavy atom. The Balaban J connectivity index is 0.000000315. The molecule has 2 N–H and O–H groups in total. The Hall–Kier alpha value is -1.36. The normalized spacial score (nSPS) is 9.48. The van der Waals surface area contributed by atoms with Gasteiger partial charge in [0.2, 0.25) is 0 Å². The molecule has 0 aliphatic rings. The summed E-state index contributed by atoms with van der Waals surface area (Å²) < 4.78 is 0. The van der Waals surface area contributed by atoms with Crippen LogP contribution in [0.2, 0.25) is 0 Å². The quantitative estimate of drug-likeness (QED) is 0.358. The third-order valence-electron chi connectivity index (χ3n) is 2.42. The highest BCUT2D eigenvalue weighted by Crippen LogP contribution is 2.53. The van der Waals surface area contributed by atoms with Gasteiger partial charge in [0.1, 0.15) is 11.5 Å². The molecule has 0 aliphatic carbocycles. The molecule has 2 unspecified atom stereocenters. The summed E-state index contributed by atoms with van der Waals surface area (Å²) in [5.74, 6) is 0.564. The van der Waals surface area contributed by atoms with E-state index >= 15 is 0 Å². The van der Waals surface area contributed by atoms with E-state index in [-0.39, 0.29) is 11.5 Å². The lowest BCUT2D eigenvalue weighted by molar-refractivity contribution is 0.475. The van der Waals surface area contributed by atoms with Crippen LogP contribution in [0, 0.1) is 0 Å². The maximum absolute atomic E-state index is 9.13. The number of hydrogen-bond donors (Lipinski definition) is 2. The first kappa shape index (κ1) is 17.7. The summed E-state index contributed by atoms with van der Waals surface area (Å²) in [5.41, 5.74) is 9.96. The van der Waals surface area contributed by atoms with Crippen LogP contribution in [0.3, 0.4) is 0 Å². The average Bonchev–Trinajstić information content (AvgIpc) is 2.44. The number of benzene rings is 2. The van der Waals surface area contributed by atoms with Crippen molar-refractivity contribution in [3.05, 3.63) is 70.1 Å². The van der Waals surface area contributed by atoms with Gasteiger partial charge in [-0.25, -0.2) is 0 Å². The highest BCUT2D eigenvalue weighted by molar-refractivity contribution is 8.42. The largest absolute Gasteiger partial charge is 0.508 e. The lowest BCUT2D eigenvalue weighted by Gasteiger charge is -2.02. The molecule has 2 rings (SSSR count). The molecule has 8 heteroatoms. The SMILES string of the molecule is Oc1ccc(Cc2ccc(O)cc2)cc1.[N-]=[N+]=NP(P)P. The van der Waals surface area contributed by atoms with Gasteiger partial charge in [-0.15, -0.1) is 17.9 Å². The van der Waals surface area contributed by atoms with E-state index in [4.69, 9.17) is 15.7 Å². The van der Waals surface area contributed by atoms with Gasteiger partial charge >= 0.3 is 0 Å². The van der Waals surface area contributed by atoms with Crippen LogP contribution in [0.4, 0.5) is 0 Å². The minimum atomic E-state index is -0.559. The van der Waals surface area contributed by atoms with Gasteiger partial charge < -0.3 is 10.2 Å². The lowest BCUT2D eigenvalue weighted by Crippen LogP contribution is -1.86. The number of hydrogen-bond acceptors (Lipinski definition) is 3. The lowest BCUT2D eigenvalue weighted by atomic mass is 10.1. The minimum absolute atomic E-state index is 0.282. The number of phenols is 2. The van der Waals surface area contributed by atoms with Gasteiger partial charge in [0, 0.05) is 12.4 Å². The topological polar surface area (TPSA) is 89.2 Å². The van der Waals surface area contributed by atoms with Crippen molar-refractivity contribution >= 4 is 25.3 Å². The second-order valence-electron chi connectivity index (χ2n) is 4.07. The number of aromatic hydroxyl groups is 2. The molecule has 5 nitrogen and oxygen atoms in total. The predicted octanol–water partition coefficient (Wildman–Crippen LogP) is 4.96. The molecule has 0 spiro atoms. The molecule has 2 atom stereocenters. The van der Waals surface area contributed by atoms with Crippen molar-refractivity contribution in [3.63, 3.8) is 0 Å². The second-order valence-corrected chi connectivity index (χ2v) is 9.97. The van der Waals surface area contributed by atoms with Crippen molar-refractivity contribution in [2.24, 2.45) is 4.88 Å². The van der Waals surface area contributed by atoms with Gasteiger partial charge in [-0.3, -0.25) is 0 Å². The molecule has 21 heavy (non-hydrogen) atoms. The summed E-state index contributed by atoms with van der Waals surface area (Å²) in [6, 6.07) is 14.3. The monoisotopic (exact) mass is 339 g/mol. The van der Waals surface area contributed by atoms with Crippen LogP contribution < -0.4 is 0 Å². The Labute approximate surface area is 129 Å². The van der Waals surface area contributed by atoms with Gasteiger partial charge in [-0.1, -0.05) is 29.2 Å². The molecular weight excluding hydrogens is 323 g/mol.